The molecule has 0 atom stereocenters. The van der Waals surface area contributed by atoms with Gasteiger partial charge >= 0.3 is 5.97 Å². The minimum atomic E-state index is -0.281. The van der Waals surface area contributed by atoms with Gasteiger partial charge in [0.25, 0.3) is 0 Å². The van der Waals surface area contributed by atoms with Crippen LogP contribution >= 0.6 is 0 Å². The summed E-state index contributed by atoms with van der Waals surface area (Å²) in [6.45, 7) is 4.46. The first-order valence-electron chi connectivity index (χ1n) is 11.2. The summed E-state index contributed by atoms with van der Waals surface area (Å²) in [7, 11) is 1.60. The molecule has 1 rings (SSSR count). The van der Waals surface area contributed by atoms with Crippen molar-refractivity contribution in [3.8, 4) is 5.75 Å². The summed E-state index contributed by atoms with van der Waals surface area (Å²) in [4.78, 5) is 12.3. The Kier molecular flexibility index (Phi) is 14.0. The molecule has 0 bridgehead atoms. The summed E-state index contributed by atoms with van der Waals surface area (Å²) in [5.74, 6) is 0.328. The highest BCUT2D eigenvalue weighted by molar-refractivity contribution is 5.94. The number of hydrogen-bond donors (Lipinski definition) is 0. The van der Waals surface area contributed by atoms with Crippen LogP contribution in [0, 0.1) is 0 Å². The van der Waals surface area contributed by atoms with E-state index in [9.17, 15) is 4.79 Å². The smallest absolute Gasteiger partial charge is 0.342 e. The van der Waals surface area contributed by atoms with Crippen molar-refractivity contribution >= 4 is 5.97 Å². The second-order valence-corrected chi connectivity index (χ2v) is 7.34. The fourth-order valence-electron chi connectivity index (χ4n) is 3.42. The molecule has 1 aromatic rings. The SMILES string of the molecule is CCCCCC/C=C/CCCCCCCc1cccc(OC)c1C(=O)OCC. The van der Waals surface area contributed by atoms with Crippen LogP contribution in [0.5, 0.6) is 5.75 Å². The minimum absolute atomic E-state index is 0.281. The quantitative estimate of drug-likeness (QED) is 0.169. The molecule has 0 saturated carbocycles. The molecule has 0 unspecified atom stereocenters. The summed E-state index contributed by atoms with van der Waals surface area (Å²) in [5.41, 5.74) is 1.62. The predicted molar refractivity (Wildman–Crippen MR) is 118 cm³/mol. The Morgan fingerprint density at radius 3 is 2.18 bits per heavy atom. The Morgan fingerprint density at radius 2 is 1.54 bits per heavy atom. The van der Waals surface area contributed by atoms with Crippen LogP contribution in [0.15, 0.2) is 30.4 Å². The van der Waals surface area contributed by atoms with Gasteiger partial charge in [0.1, 0.15) is 11.3 Å². The number of rotatable bonds is 16. The lowest BCUT2D eigenvalue weighted by Crippen LogP contribution is -2.10. The molecule has 1 aromatic carbocycles. The Morgan fingerprint density at radius 1 is 0.893 bits per heavy atom. The third-order valence-electron chi connectivity index (χ3n) is 5.02. The van der Waals surface area contributed by atoms with Gasteiger partial charge in [-0.25, -0.2) is 4.79 Å². The Balaban J connectivity index is 2.23. The van der Waals surface area contributed by atoms with E-state index in [1.54, 1.807) is 7.11 Å². The lowest BCUT2D eigenvalue weighted by molar-refractivity contribution is 0.0521. The van der Waals surface area contributed by atoms with E-state index in [1.165, 1.54) is 64.2 Å². The van der Waals surface area contributed by atoms with Gasteiger partial charge < -0.3 is 9.47 Å². The number of esters is 1. The van der Waals surface area contributed by atoms with Crippen molar-refractivity contribution in [1.29, 1.82) is 0 Å². The number of methoxy groups -OCH3 is 1. The molecule has 3 nitrogen and oxygen atoms in total. The maximum atomic E-state index is 12.3. The maximum Gasteiger partial charge on any atom is 0.342 e. The molecule has 0 radical (unpaired) electrons. The normalized spacial score (nSPS) is 11.1. The Bertz CT molecular complexity index is 563. The minimum Gasteiger partial charge on any atom is -0.496 e. The number of carbonyl (C=O) groups is 1. The summed E-state index contributed by atoms with van der Waals surface area (Å²) < 4.78 is 10.6. The van der Waals surface area contributed by atoms with E-state index < -0.39 is 0 Å². The van der Waals surface area contributed by atoms with E-state index in [0.717, 1.165) is 18.4 Å². The molecule has 0 saturated heterocycles. The largest absolute Gasteiger partial charge is 0.496 e. The van der Waals surface area contributed by atoms with Gasteiger partial charge in [-0.1, -0.05) is 69.7 Å². The number of unbranched alkanes of at least 4 members (excludes halogenated alkanes) is 9. The van der Waals surface area contributed by atoms with Crippen molar-refractivity contribution in [2.75, 3.05) is 13.7 Å². The van der Waals surface area contributed by atoms with E-state index in [1.807, 2.05) is 25.1 Å². The second kappa shape index (κ2) is 16.2. The van der Waals surface area contributed by atoms with Crippen molar-refractivity contribution in [2.24, 2.45) is 0 Å². The van der Waals surface area contributed by atoms with Crippen LogP contribution in [-0.2, 0) is 11.2 Å². The lowest BCUT2D eigenvalue weighted by Gasteiger charge is -2.13. The van der Waals surface area contributed by atoms with Crippen molar-refractivity contribution in [1.82, 2.24) is 0 Å². The number of hydrogen-bond acceptors (Lipinski definition) is 3. The van der Waals surface area contributed by atoms with E-state index in [2.05, 4.69) is 19.1 Å². The van der Waals surface area contributed by atoms with Crippen molar-refractivity contribution in [3.63, 3.8) is 0 Å². The second-order valence-electron chi connectivity index (χ2n) is 7.34. The molecule has 28 heavy (non-hydrogen) atoms. The molecule has 0 amide bonds. The summed E-state index contributed by atoms with van der Waals surface area (Å²) >= 11 is 0. The van der Waals surface area contributed by atoms with E-state index in [0.29, 0.717) is 17.9 Å². The molecule has 0 aliphatic rings. The average Bonchev–Trinajstić information content (AvgIpc) is 2.71. The van der Waals surface area contributed by atoms with Gasteiger partial charge in [-0.15, -0.1) is 0 Å². The van der Waals surface area contributed by atoms with Crippen LogP contribution in [0.1, 0.15) is 100 Å². The number of aryl methyl sites for hydroxylation is 1. The van der Waals surface area contributed by atoms with E-state index in [-0.39, 0.29) is 5.97 Å². The molecule has 0 aliphatic carbocycles. The highest BCUT2D eigenvalue weighted by Gasteiger charge is 2.17. The first-order chi connectivity index (χ1) is 13.7. The van der Waals surface area contributed by atoms with Crippen LogP contribution in [0.2, 0.25) is 0 Å². The number of carbonyl (C=O) groups excluding carboxylic acids is 1. The molecule has 0 aromatic heterocycles. The first-order valence-corrected chi connectivity index (χ1v) is 11.2. The number of ether oxygens (including phenoxy) is 2. The molecule has 158 valence electrons. The predicted octanol–water partition coefficient (Wildman–Crippen LogP) is 7.28. The fraction of sp³-hybridized carbons (Fsp3) is 0.640. The third kappa shape index (κ3) is 9.96. The van der Waals surface area contributed by atoms with Gasteiger partial charge in [-0.3, -0.25) is 0 Å². The first kappa shape index (κ1) is 24.3. The van der Waals surface area contributed by atoms with Crippen LogP contribution in [0.25, 0.3) is 0 Å². The standard InChI is InChI=1S/C25H40O3/c1-4-6-7-8-9-10-11-12-13-14-15-16-17-19-22-20-18-21-23(27-3)24(22)25(26)28-5-2/h10-11,18,20-21H,4-9,12-17,19H2,1-3H3/b11-10+. The van der Waals surface area contributed by atoms with Gasteiger partial charge in [0.05, 0.1) is 13.7 Å². The molecule has 3 heteroatoms. The van der Waals surface area contributed by atoms with Crippen LogP contribution < -0.4 is 4.74 Å². The van der Waals surface area contributed by atoms with Gasteiger partial charge in [0.2, 0.25) is 0 Å². The van der Waals surface area contributed by atoms with Crippen molar-refractivity contribution < 1.29 is 14.3 Å². The van der Waals surface area contributed by atoms with Crippen LogP contribution in [0.4, 0.5) is 0 Å². The monoisotopic (exact) mass is 388 g/mol. The number of allylic oxidation sites excluding steroid dienone is 2. The average molecular weight is 389 g/mol. The third-order valence-corrected chi connectivity index (χ3v) is 5.02. The lowest BCUT2D eigenvalue weighted by atomic mass is 9.99. The van der Waals surface area contributed by atoms with Gasteiger partial charge in [-0.05, 0) is 57.1 Å². The maximum absolute atomic E-state index is 12.3. The number of benzene rings is 1. The zero-order valence-corrected chi connectivity index (χ0v) is 18.3. The molecular weight excluding hydrogens is 348 g/mol. The zero-order chi connectivity index (χ0) is 20.5. The van der Waals surface area contributed by atoms with Crippen LogP contribution in [-0.4, -0.2) is 19.7 Å². The highest BCUT2D eigenvalue weighted by Crippen LogP contribution is 2.25. The Hall–Kier alpha value is -1.77. The molecular formula is C25H40O3. The van der Waals surface area contributed by atoms with Crippen molar-refractivity contribution in [2.45, 2.75) is 90.9 Å². The molecule has 0 spiro atoms. The van der Waals surface area contributed by atoms with Crippen molar-refractivity contribution in [3.05, 3.63) is 41.5 Å². The zero-order valence-electron chi connectivity index (χ0n) is 18.3. The summed E-state index contributed by atoms with van der Waals surface area (Å²) in [5, 5.41) is 0. The van der Waals surface area contributed by atoms with E-state index >= 15 is 0 Å². The topological polar surface area (TPSA) is 35.5 Å². The van der Waals surface area contributed by atoms with Gasteiger partial charge in [0, 0.05) is 0 Å². The van der Waals surface area contributed by atoms with Gasteiger partial charge in [-0.2, -0.15) is 0 Å². The molecule has 0 N–H and O–H groups in total. The Labute approximate surface area is 172 Å². The van der Waals surface area contributed by atoms with Gasteiger partial charge in [0.15, 0.2) is 0 Å². The van der Waals surface area contributed by atoms with Crippen LogP contribution in [0.3, 0.4) is 0 Å². The van der Waals surface area contributed by atoms with E-state index in [4.69, 9.17) is 9.47 Å². The molecule has 0 heterocycles. The fourth-order valence-corrected chi connectivity index (χ4v) is 3.42. The molecule has 0 aliphatic heterocycles. The summed E-state index contributed by atoms with van der Waals surface area (Å²) in [6.07, 6.45) is 19.5. The molecule has 0 fully saturated rings. The highest BCUT2D eigenvalue weighted by atomic mass is 16.5. The summed E-state index contributed by atoms with van der Waals surface area (Å²) in [6, 6.07) is 5.79.